The van der Waals surface area contributed by atoms with Crippen LogP contribution >= 0.6 is 0 Å². The third kappa shape index (κ3) is 3.01. The van der Waals surface area contributed by atoms with Crippen molar-refractivity contribution in [3.63, 3.8) is 0 Å². The Morgan fingerprint density at radius 3 is 2.60 bits per heavy atom. The average Bonchev–Trinajstić information content (AvgIpc) is 3.10. The minimum absolute atomic E-state index is 0.00911. The van der Waals surface area contributed by atoms with E-state index >= 15 is 0 Å². The summed E-state index contributed by atoms with van der Waals surface area (Å²) in [6.45, 7) is 2.44. The predicted octanol–water partition coefficient (Wildman–Crippen LogP) is 2.36. The summed E-state index contributed by atoms with van der Waals surface area (Å²) >= 11 is 0. The number of ether oxygens (including phenoxy) is 2. The van der Waals surface area contributed by atoms with E-state index < -0.39 is 0 Å². The number of methoxy groups -OCH3 is 1. The van der Waals surface area contributed by atoms with Gasteiger partial charge in [-0.3, -0.25) is 4.79 Å². The van der Waals surface area contributed by atoms with Gasteiger partial charge in [0.15, 0.2) is 0 Å². The van der Waals surface area contributed by atoms with Crippen LogP contribution < -0.4 is 0 Å². The molecule has 114 valence electrons. The van der Waals surface area contributed by atoms with Crippen molar-refractivity contribution in [1.82, 2.24) is 4.90 Å². The van der Waals surface area contributed by atoms with E-state index in [0.29, 0.717) is 18.4 Å². The number of hydrogen-bond donors (Lipinski definition) is 0. The van der Waals surface area contributed by atoms with Crippen molar-refractivity contribution in [1.29, 1.82) is 0 Å². The Bertz CT molecular complexity index is 344. The number of rotatable bonds is 3. The van der Waals surface area contributed by atoms with Gasteiger partial charge >= 0.3 is 0 Å². The monoisotopic (exact) mass is 281 g/mol. The molecule has 4 heteroatoms. The van der Waals surface area contributed by atoms with Gasteiger partial charge in [-0.1, -0.05) is 12.8 Å². The second-order valence-corrected chi connectivity index (χ2v) is 6.79. The first kappa shape index (κ1) is 14.3. The van der Waals surface area contributed by atoms with Crippen LogP contribution in [0.4, 0.5) is 0 Å². The lowest BCUT2D eigenvalue weighted by Crippen LogP contribution is -2.46. The molecule has 1 unspecified atom stereocenters. The Morgan fingerprint density at radius 2 is 2.00 bits per heavy atom. The van der Waals surface area contributed by atoms with Gasteiger partial charge in [-0.2, -0.15) is 0 Å². The molecule has 4 nitrogen and oxygen atoms in total. The first-order valence-corrected chi connectivity index (χ1v) is 8.15. The molecule has 0 aromatic rings. The second-order valence-electron chi connectivity index (χ2n) is 6.79. The lowest BCUT2D eigenvalue weighted by atomic mass is 9.87. The van der Waals surface area contributed by atoms with Crippen molar-refractivity contribution >= 4 is 5.91 Å². The molecule has 0 aromatic carbocycles. The topological polar surface area (TPSA) is 38.8 Å². The quantitative estimate of drug-likeness (QED) is 0.797. The number of carbonyl (C=O) groups excluding carboxylic acids is 1. The van der Waals surface area contributed by atoms with Gasteiger partial charge in [0.2, 0.25) is 5.91 Å². The minimum Gasteiger partial charge on any atom is -0.379 e. The summed E-state index contributed by atoms with van der Waals surface area (Å²) in [4.78, 5) is 14.4. The van der Waals surface area contributed by atoms with Crippen molar-refractivity contribution in [3.8, 4) is 0 Å². The minimum atomic E-state index is -0.00911. The van der Waals surface area contributed by atoms with Gasteiger partial charge in [0.05, 0.1) is 18.3 Å². The highest BCUT2D eigenvalue weighted by atomic mass is 16.6. The second kappa shape index (κ2) is 6.02. The number of nitrogens with zero attached hydrogens (tertiary/aromatic N) is 1. The van der Waals surface area contributed by atoms with Gasteiger partial charge in [-0.05, 0) is 31.6 Å². The molecule has 2 aliphatic heterocycles. The van der Waals surface area contributed by atoms with Crippen LogP contribution in [0.15, 0.2) is 0 Å². The van der Waals surface area contributed by atoms with Crippen molar-refractivity contribution in [2.24, 2.45) is 5.92 Å². The van der Waals surface area contributed by atoms with Crippen LogP contribution in [0.2, 0.25) is 0 Å². The highest BCUT2D eigenvalue weighted by Gasteiger charge is 2.43. The number of hydrogen-bond acceptors (Lipinski definition) is 3. The van der Waals surface area contributed by atoms with E-state index in [1.54, 1.807) is 7.11 Å². The molecule has 0 bridgehead atoms. The third-order valence-electron chi connectivity index (χ3n) is 5.47. The van der Waals surface area contributed by atoms with Crippen LogP contribution in [-0.2, 0) is 14.3 Å². The zero-order chi connectivity index (χ0) is 14.0. The Kier molecular flexibility index (Phi) is 4.32. The molecule has 2 saturated heterocycles. The van der Waals surface area contributed by atoms with Crippen LogP contribution in [-0.4, -0.2) is 49.3 Å². The summed E-state index contributed by atoms with van der Waals surface area (Å²) in [5.41, 5.74) is -0.00911. The van der Waals surface area contributed by atoms with Gasteiger partial charge in [0.25, 0.3) is 0 Å². The molecular formula is C16H27NO3. The normalized spacial score (nSPS) is 30.2. The number of likely N-dealkylation sites (tertiary alicyclic amines) is 1. The maximum absolute atomic E-state index is 12.3. The maximum Gasteiger partial charge on any atom is 0.222 e. The third-order valence-corrected chi connectivity index (χ3v) is 5.47. The molecule has 0 radical (unpaired) electrons. The smallest absolute Gasteiger partial charge is 0.222 e. The molecule has 0 aromatic heterocycles. The fourth-order valence-corrected chi connectivity index (χ4v) is 4.06. The van der Waals surface area contributed by atoms with Gasteiger partial charge < -0.3 is 14.4 Å². The predicted molar refractivity (Wildman–Crippen MR) is 76.5 cm³/mol. The lowest BCUT2D eigenvalue weighted by molar-refractivity contribution is -0.137. The maximum atomic E-state index is 12.3. The number of piperidine rings is 1. The van der Waals surface area contributed by atoms with Crippen LogP contribution in [0.5, 0.6) is 0 Å². The summed E-state index contributed by atoms with van der Waals surface area (Å²) in [6.07, 6.45) is 9.09. The largest absolute Gasteiger partial charge is 0.379 e. The zero-order valence-corrected chi connectivity index (χ0v) is 12.6. The standard InChI is InChI=1S/C16H27NO3/c1-19-14-11-16(20-12-14)6-8-17(9-7-16)15(18)10-13-4-2-3-5-13/h13-14H,2-12H2,1H3. The molecule has 3 rings (SSSR count). The number of carbonyl (C=O) groups is 1. The van der Waals surface area contributed by atoms with Crippen molar-refractivity contribution in [2.75, 3.05) is 26.8 Å². The van der Waals surface area contributed by atoms with Crippen LogP contribution in [0.3, 0.4) is 0 Å². The SMILES string of the molecule is COC1COC2(CCN(C(=O)CC3CCCC3)CC2)C1. The Balaban J connectivity index is 1.47. The molecule has 1 saturated carbocycles. The summed E-state index contributed by atoms with van der Waals surface area (Å²) in [5.74, 6) is 1.02. The lowest BCUT2D eigenvalue weighted by Gasteiger charge is -2.39. The van der Waals surface area contributed by atoms with E-state index in [0.717, 1.165) is 38.8 Å². The molecule has 1 spiro atoms. The van der Waals surface area contributed by atoms with E-state index in [2.05, 4.69) is 4.90 Å². The first-order chi connectivity index (χ1) is 9.71. The highest BCUT2D eigenvalue weighted by Crippen LogP contribution is 2.37. The van der Waals surface area contributed by atoms with E-state index in [4.69, 9.17) is 9.47 Å². The van der Waals surface area contributed by atoms with Crippen molar-refractivity contribution in [2.45, 2.75) is 63.1 Å². The fourth-order valence-electron chi connectivity index (χ4n) is 4.06. The molecule has 2 heterocycles. The van der Waals surface area contributed by atoms with E-state index in [-0.39, 0.29) is 11.7 Å². The summed E-state index contributed by atoms with van der Waals surface area (Å²) < 4.78 is 11.4. The van der Waals surface area contributed by atoms with Crippen molar-refractivity contribution < 1.29 is 14.3 Å². The molecule has 1 aliphatic carbocycles. The molecule has 1 atom stereocenters. The van der Waals surface area contributed by atoms with Crippen LogP contribution in [0.1, 0.15) is 51.4 Å². The average molecular weight is 281 g/mol. The summed E-state index contributed by atoms with van der Waals surface area (Å²) in [7, 11) is 1.76. The highest BCUT2D eigenvalue weighted by molar-refractivity contribution is 5.76. The zero-order valence-electron chi connectivity index (χ0n) is 12.6. The molecule has 1 amide bonds. The Hall–Kier alpha value is -0.610. The van der Waals surface area contributed by atoms with Gasteiger partial charge in [-0.25, -0.2) is 0 Å². The first-order valence-electron chi connectivity index (χ1n) is 8.15. The molecule has 3 aliphatic rings. The van der Waals surface area contributed by atoms with Gasteiger partial charge in [-0.15, -0.1) is 0 Å². The van der Waals surface area contributed by atoms with E-state index in [1.807, 2.05) is 0 Å². The van der Waals surface area contributed by atoms with E-state index in [9.17, 15) is 4.79 Å². The van der Waals surface area contributed by atoms with Crippen molar-refractivity contribution in [3.05, 3.63) is 0 Å². The fraction of sp³-hybridized carbons (Fsp3) is 0.938. The van der Waals surface area contributed by atoms with Crippen LogP contribution in [0.25, 0.3) is 0 Å². The number of amides is 1. The summed E-state index contributed by atoms with van der Waals surface area (Å²) in [5, 5.41) is 0. The molecular weight excluding hydrogens is 254 g/mol. The van der Waals surface area contributed by atoms with Gasteiger partial charge in [0, 0.05) is 33.0 Å². The molecule has 0 N–H and O–H groups in total. The van der Waals surface area contributed by atoms with E-state index in [1.165, 1.54) is 25.7 Å². The van der Waals surface area contributed by atoms with Gasteiger partial charge in [0.1, 0.15) is 0 Å². The Morgan fingerprint density at radius 1 is 1.30 bits per heavy atom. The Labute approximate surface area is 121 Å². The molecule has 3 fully saturated rings. The molecule has 20 heavy (non-hydrogen) atoms. The summed E-state index contributed by atoms with van der Waals surface area (Å²) in [6, 6.07) is 0. The van der Waals surface area contributed by atoms with Crippen LogP contribution in [0, 0.1) is 5.92 Å².